The van der Waals surface area contributed by atoms with Crippen LogP contribution < -0.4 is 10.6 Å². The van der Waals surface area contributed by atoms with Gasteiger partial charge in [-0.1, -0.05) is 61.8 Å². The maximum absolute atomic E-state index is 12.3. The highest BCUT2D eigenvalue weighted by atomic mass is 35.5. The Bertz CT molecular complexity index is 720. The van der Waals surface area contributed by atoms with Crippen molar-refractivity contribution in [3.63, 3.8) is 0 Å². The first kappa shape index (κ1) is 18.8. The zero-order valence-corrected chi connectivity index (χ0v) is 14.9. The largest absolute Gasteiger partial charge is 0.459 e. The minimum atomic E-state index is -0.758. The number of carbonyl (C=O) groups excluding carboxylic acids is 2. The normalized spacial score (nSPS) is 11.7. The van der Waals surface area contributed by atoms with Crippen LogP contribution in [0.4, 0.5) is 10.5 Å². The van der Waals surface area contributed by atoms with Gasteiger partial charge >= 0.3 is 12.0 Å². The summed E-state index contributed by atoms with van der Waals surface area (Å²) in [7, 11) is 0. The van der Waals surface area contributed by atoms with Crippen molar-refractivity contribution in [1.29, 1.82) is 0 Å². The molecule has 0 saturated heterocycles. The lowest BCUT2D eigenvalue weighted by Crippen LogP contribution is -2.47. The second-order valence-electron chi connectivity index (χ2n) is 5.89. The lowest BCUT2D eigenvalue weighted by atomic mass is 10.1. The van der Waals surface area contributed by atoms with Gasteiger partial charge in [0, 0.05) is 16.3 Å². The van der Waals surface area contributed by atoms with E-state index in [0.29, 0.717) is 16.3 Å². The molecular weight excluding hydrogens is 340 g/mol. The zero-order chi connectivity index (χ0) is 18.2. The molecule has 2 aromatic carbocycles. The van der Waals surface area contributed by atoms with Crippen molar-refractivity contribution in [2.45, 2.75) is 26.5 Å². The highest BCUT2D eigenvalue weighted by molar-refractivity contribution is 6.31. The van der Waals surface area contributed by atoms with Gasteiger partial charge < -0.3 is 15.4 Å². The van der Waals surface area contributed by atoms with Crippen molar-refractivity contribution >= 4 is 29.3 Å². The van der Waals surface area contributed by atoms with Crippen molar-refractivity contribution in [3.8, 4) is 0 Å². The third kappa shape index (κ3) is 5.80. The summed E-state index contributed by atoms with van der Waals surface area (Å²) in [6, 6.07) is 14.9. The maximum atomic E-state index is 12.3. The van der Waals surface area contributed by atoms with Gasteiger partial charge in [-0.05, 0) is 24.1 Å². The number of anilines is 1. The standard InChI is InChI=1S/C19H21ClN2O3/c1-13(2)17(22-19(24)21-15-9-4-3-5-10-15)18(23)25-12-14-8-6-7-11-16(14)20/h3-11,13,17H,12H2,1-2H3,(H2,21,22,24)/t17-/m0/s1. The van der Waals surface area contributed by atoms with Crippen molar-refractivity contribution < 1.29 is 14.3 Å². The summed E-state index contributed by atoms with van der Waals surface area (Å²) in [6.45, 7) is 3.73. The van der Waals surface area contributed by atoms with Gasteiger partial charge in [-0.25, -0.2) is 9.59 Å². The number of nitrogens with one attached hydrogen (secondary N) is 2. The zero-order valence-electron chi connectivity index (χ0n) is 14.2. The molecule has 0 aliphatic heterocycles. The minimum Gasteiger partial charge on any atom is -0.459 e. The third-order valence-corrected chi connectivity index (χ3v) is 3.94. The number of rotatable bonds is 6. The van der Waals surface area contributed by atoms with Gasteiger partial charge in [-0.2, -0.15) is 0 Å². The summed E-state index contributed by atoms with van der Waals surface area (Å²) >= 11 is 6.05. The number of halogens is 1. The fourth-order valence-corrected chi connectivity index (χ4v) is 2.37. The van der Waals surface area contributed by atoms with Crippen molar-refractivity contribution in [1.82, 2.24) is 5.32 Å². The molecule has 132 valence electrons. The molecule has 5 nitrogen and oxygen atoms in total. The third-order valence-electron chi connectivity index (χ3n) is 3.57. The molecule has 0 aliphatic rings. The number of benzene rings is 2. The van der Waals surface area contributed by atoms with Crippen LogP contribution in [0.15, 0.2) is 54.6 Å². The topological polar surface area (TPSA) is 67.4 Å². The summed E-state index contributed by atoms with van der Waals surface area (Å²) in [5.74, 6) is -0.626. The maximum Gasteiger partial charge on any atom is 0.329 e. The van der Waals surface area contributed by atoms with Crippen LogP contribution in [-0.2, 0) is 16.1 Å². The average molecular weight is 361 g/mol. The van der Waals surface area contributed by atoms with Crippen LogP contribution in [-0.4, -0.2) is 18.0 Å². The summed E-state index contributed by atoms with van der Waals surface area (Å²) in [6.07, 6.45) is 0. The van der Waals surface area contributed by atoms with Gasteiger partial charge in [0.25, 0.3) is 0 Å². The van der Waals surface area contributed by atoms with Gasteiger partial charge in [0.1, 0.15) is 12.6 Å². The number of amides is 2. The Morgan fingerprint density at radius 1 is 1.04 bits per heavy atom. The molecular formula is C19H21ClN2O3. The highest BCUT2D eigenvalue weighted by Crippen LogP contribution is 2.16. The van der Waals surface area contributed by atoms with Crippen LogP contribution in [0.2, 0.25) is 5.02 Å². The average Bonchev–Trinajstić information content (AvgIpc) is 2.59. The monoisotopic (exact) mass is 360 g/mol. The van der Waals surface area contributed by atoms with Gasteiger partial charge in [0.05, 0.1) is 0 Å². The summed E-state index contributed by atoms with van der Waals surface area (Å²) < 4.78 is 5.32. The van der Waals surface area contributed by atoms with Crippen LogP contribution in [0.5, 0.6) is 0 Å². The molecule has 0 heterocycles. The predicted octanol–water partition coefficient (Wildman–Crippen LogP) is 4.23. The summed E-state index contributed by atoms with van der Waals surface area (Å²) in [5, 5.41) is 5.88. The Morgan fingerprint density at radius 3 is 2.32 bits per heavy atom. The van der Waals surface area contributed by atoms with E-state index < -0.39 is 18.0 Å². The van der Waals surface area contributed by atoms with Gasteiger partial charge in [0.2, 0.25) is 0 Å². The van der Waals surface area contributed by atoms with Crippen molar-refractivity contribution in [2.24, 2.45) is 5.92 Å². The number of ether oxygens (including phenoxy) is 1. The Labute approximate surface area is 152 Å². The van der Waals surface area contributed by atoms with Gasteiger partial charge in [-0.15, -0.1) is 0 Å². The molecule has 2 rings (SSSR count). The molecule has 2 N–H and O–H groups in total. The van der Waals surface area contributed by atoms with E-state index in [0.717, 1.165) is 0 Å². The number of esters is 1. The molecule has 0 radical (unpaired) electrons. The van der Waals surface area contributed by atoms with E-state index in [1.807, 2.05) is 38.1 Å². The molecule has 2 aromatic rings. The first-order valence-electron chi connectivity index (χ1n) is 8.00. The molecule has 0 fully saturated rings. The Hall–Kier alpha value is -2.53. The number of carbonyl (C=O) groups is 2. The molecule has 25 heavy (non-hydrogen) atoms. The van der Waals surface area contributed by atoms with E-state index in [2.05, 4.69) is 10.6 Å². The molecule has 1 atom stereocenters. The van der Waals surface area contributed by atoms with Crippen molar-refractivity contribution in [2.75, 3.05) is 5.32 Å². The molecule has 6 heteroatoms. The second-order valence-corrected chi connectivity index (χ2v) is 6.29. The number of urea groups is 1. The smallest absolute Gasteiger partial charge is 0.329 e. The summed E-state index contributed by atoms with van der Waals surface area (Å²) in [5.41, 5.74) is 1.36. The van der Waals surface area contributed by atoms with E-state index in [4.69, 9.17) is 16.3 Å². The molecule has 0 bridgehead atoms. The Balaban J connectivity index is 1.93. The van der Waals surface area contributed by atoms with E-state index in [1.165, 1.54) is 0 Å². The van der Waals surface area contributed by atoms with Crippen LogP contribution in [0.25, 0.3) is 0 Å². The van der Waals surface area contributed by atoms with Crippen LogP contribution in [0, 0.1) is 5.92 Å². The molecule has 0 aliphatic carbocycles. The number of hydrogen-bond acceptors (Lipinski definition) is 3. The highest BCUT2D eigenvalue weighted by Gasteiger charge is 2.26. The molecule has 2 amide bonds. The van der Waals surface area contributed by atoms with Crippen molar-refractivity contribution in [3.05, 3.63) is 65.2 Å². The minimum absolute atomic E-state index is 0.0592. The van der Waals surface area contributed by atoms with E-state index in [1.54, 1.807) is 30.3 Å². The van der Waals surface area contributed by atoms with Crippen LogP contribution in [0.1, 0.15) is 19.4 Å². The van der Waals surface area contributed by atoms with Gasteiger partial charge in [-0.3, -0.25) is 0 Å². The number of para-hydroxylation sites is 1. The fourth-order valence-electron chi connectivity index (χ4n) is 2.18. The SMILES string of the molecule is CC(C)[C@H](NC(=O)Nc1ccccc1)C(=O)OCc1ccccc1Cl. The predicted molar refractivity (Wildman–Crippen MR) is 98.5 cm³/mol. The number of hydrogen-bond donors (Lipinski definition) is 2. The molecule has 0 unspecified atom stereocenters. The molecule has 0 saturated carbocycles. The van der Waals surface area contributed by atoms with Crippen LogP contribution in [0.3, 0.4) is 0 Å². The Morgan fingerprint density at radius 2 is 1.68 bits per heavy atom. The summed E-state index contributed by atoms with van der Waals surface area (Å²) in [4.78, 5) is 24.5. The lowest BCUT2D eigenvalue weighted by molar-refractivity contribution is -0.148. The van der Waals surface area contributed by atoms with E-state index in [9.17, 15) is 9.59 Å². The first-order valence-corrected chi connectivity index (χ1v) is 8.37. The quantitative estimate of drug-likeness (QED) is 0.757. The fraction of sp³-hybridized carbons (Fsp3) is 0.263. The van der Waals surface area contributed by atoms with Gasteiger partial charge in [0.15, 0.2) is 0 Å². The van der Waals surface area contributed by atoms with E-state index >= 15 is 0 Å². The van der Waals surface area contributed by atoms with Crippen LogP contribution >= 0.6 is 11.6 Å². The van der Waals surface area contributed by atoms with E-state index in [-0.39, 0.29) is 12.5 Å². The first-order chi connectivity index (χ1) is 12.0. The molecule has 0 aromatic heterocycles. The lowest BCUT2D eigenvalue weighted by Gasteiger charge is -2.21. The second kappa shape index (κ2) is 9.08. The molecule has 0 spiro atoms. The Kier molecular flexibility index (Phi) is 6.83.